The van der Waals surface area contributed by atoms with E-state index < -0.39 is 0 Å². The van der Waals surface area contributed by atoms with Crippen LogP contribution in [0, 0.1) is 0 Å². The van der Waals surface area contributed by atoms with E-state index in [0.29, 0.717) is 0 Å². The minimum absolute atomic E-state index is 0.273. The highest BCUT2D eigenvalue weighted by Crippen LogP contribution is 2.16. The van der Waals surface area contributed by atoms with Gasteiger partial charge < -0.3 is 10.1 Å². The summed E-state index contributed by atoms with van der Waals surface area (Å²) >= 11 is 0. The van der Waals surface area contributed by atoms with Gasteiger partial charge in [0.05, 0.1) is 6.61 Å². The molecule has 0 aromatic carbocycles. The average molecular weight is 129 g/mol. The fraction of sp³-hybridized carbons (Fsp3) is 1.00. The third-order valence-electron chi connectivity index (χ3n) is 1.82. The second-order valence-corrected chi connectivity index (χ2v) is 2.89. The van der Waals surface area contributed by atoms with Crippen LogP contribution in [0.5, 0.6) is 0 Å². The van der Waals surface area contributed by atoms with Gasteiger partial charge in [-0.25, -0.2) is 0 Å². The first-order chi connectivity index (χ1) is 4.27. The standard InChI is InChI=1S/C7H15NO/c1-3-8-7(2)4-5-9-6-7/h8H,3-6H2,1-2H3/t7-/m0/s1. The first-order valence-corrected chi connectivity index (χ1v) is 3.60. The largest absolute Gasteiger partial charge is 0.379 e. The monoisotopic (exact) mass is 129 g/mol. The molecule has 0 saturated carbocycles. The van der Waals surface area contributed by atoms with Gasteiger partial charge in [-0.05, 0) is 19.9 Å². The van der Waals surface area contributed by atoms with E-state index in [2.05, 4.69) is 19.2 Å². The summed E-state index contributed by atoms with van der Waals surface area (Å²) in [6, 6.07) is 0. The van der Waals surface area contributed by atoms with Gasteiger partial charge in [0.1, 0.15) is 0 Å². The Morgan fingerprint density at radius 3 is 2.89 bits per heavy atom. The smallest absolute Gasteiger partial charge is 0.0646 e. The average Bonchev–Trinajstić information content (AvgIpc) is 2.16. The Labute approximate surface area is 56.6 Å². The Hall–Kier alpha value is -0.0800. The Kier molecular flexibility index (Phi) is 2.09. The molecule has 1 atom stereocenters. The minimum atomic E-state index is 0.273. The molecule has 0 aromatic rings. The molecule has 1 N–H and O–H groups in total. The lowest BCUT2D eigenvalue weighted by atomic mass is 10.0. The summed E-state index contributed by atoms with van der Waals surface area (Å²) in [5, 5.41) is 3.40. The van der Waals surface area contributed by atoms with E-state index in [9.17, 15) is 0 Å². The zero-order chi connectivity index (χ0) is 6.74. The van der Waals surface area contributed by atoms with E-state index in [0.717, 1.165) is 26.2 Å². The van der Waals surface area contributed by atoms with Crippen molar-refractivity contribution in [1.29, 1.82) is 0 Å². The third-order valence-corrected chi connectivity index (χ3v) is 1.82. The zero-order valence-electron chi connectivity index (χ0n) is 6.24. The fourth-order valence-corrected chi connectivity index (χ4v) is 1.23. The molecular weight excluding hydrogens is 114 g/mol. The molecular formula is C7H15NO. The van der Waals surface area contributed by atoms with E-state index in [1.807, 2.05) is 0 Å². The van der Waals surface area contributed by atoms with Crippen LogP contribution < -0.4 is 5.32 Å². The topological polar surface area (TPSA) is 21.3 Å². The number of nitrogens with one attached hydrogen (secondary N) is 1. The van der Waals surface area contributed by atoms with Crippen LogP contribution in [0.3, 0.4) is 0 Å². The number of hydrogen-bond donors (Lipinski definition) is 1. The van der Waals surface area contributed by atoms with Gasteiger partial charge in [0.15, 0.2) is 0 Å². The van der Waals surface area contributed by atoms with E-state index >= 15 is 0 Å². The van der Waals surface area contributed by atoms with Crippen LogP contribution in [0.2, 0.25) is 0 Å². The Bertz CT molecular complexity index is 86.9. The van der Waals surface area contributed by atoms with Gasteiger partial charge in [-0.3, -0.25) is 0 Å². The van der Waals surface area contributed by atoms with Gasteiger partial charge in [0, 0.05) is 12.1 Å². The molecule has 54 valence electrons. The first kappa shape index (κ1) is 7.03. The summed E-state index contributed by atoms with van der Waals surface area (Å²) in [6.07, 6.45) is 1.15. The van der Waals surface area contributed by atoms with E-state index in [1.54, 1.807) is 0 Å². The maximum Gasteiger partial charge on any atom is 0.0646 e. The number of likely N-dealkylation sites (N-methyl/N-ethyl adjacent to an activating group) is 1. The molecule has 1 saturated heterocycles. The van der Waals surface area contributed by atoms with Crippen LogP contribution >= 0.6 is 0 Å². The molecule has 1 aliphatic rings. The Morgan fingerprint density at radius 1 is 1.67 bits per heavy atom. The van der Waals surface area contributed by atoms with Crippen molar-refractivity contribution in [2.75, 3.05) is 19.8 Å². The molecule has 0 amide bonds. The summed E-state index contributed by atoms with van der Waals surface area (Å²) < 4.78 is 5.25. The Balaban J connectivity index is 2.32. The van der Waals surface area contributed by atoms with Crippen LogP contribution in [-0.4, -0.2) is 25.3 Å². The lowest BCUT2D eigenvalue weighted by molar-refractivity contribution is 0.172. The second-order valence-electron chi connectivity index (χ2n) is 2.89. The van der Waals surface area contributed by atoms with Crippen molar-refractivity contribution in [1.82, 2.24) is 5.32 Å². The van der Waals surface area contributed by atoms with Crippen molar-refractivity contribution in [3.8, 4) is 0 Å². The molecule has 0 spiro atoms. The fourth-order valence-electron chi connectivity index (χ4n) is 1.23. The van der Waals surface area contributed by atoms with E-state index in [1.165, 1.54) is 0 Å². The molecule has 0 aromatic heterocycles. The van der Waals surface area contributed by atoms with Crippen molar-refractivity contribution < 1.29 is 4.74 Å². The van der Waals surface area contributed by atoms with Crippen molar-refractivity contribution in [2.45, 2.75) is 25.8 Å². The first-order valence-electron chi connectivity index (χ1n) is 3.60. The molecule has 9 heavy (non-hydrogen) atoms. The van der Waals surface area contributed by atoms with Crippen LogP contribution in [0.4, 0.5) is 0 Å². The number of hydrogen-bond acceptors (Lipinski definition) is 2. The normalized spacial score (nSPS) is 35.3. The highest BCUT2D eigenvalue weighted by Gasteiger charge is 2.27. The quantitative estimate of drug-likeness (QED) is 0.594. The molecule has 2 nitrogen and oxygen atoms in total. The van der Waals surface area contributed by atoms with Gasteiger partial charge in [-0.2, -0.15) is 0 Å². The van der Waals surface area contributed by atoms with Crippen LogP contribution in [0.15, 0.2) is 0 Å². The molecule has 1 rings (SSSR count). The van der Waals surface area contributed by atoms with Crippen molar-refractivity contribution in [2.24, 2.45) is 0 Å². The van der Waals surface area contributed by atoms with Crippen LogP contribution in [0.1, 0.15) is 20.3 Å². The summed E-state index contributed by atoms with van der Waals surface area (Å²) in [4.78, 5) is 0. The molecule has 1 fully saturated rings. The van der Waals surface area contributed by atoms with E-state index in [-0.39, 0.29) is 5.54 Å². The van der Waals surface area contributed by atoms with Gasteiger partial charge in [-0.1, -0.05) is 6.92 Å². The van der Waals surface area contributed by atoms with Gasteiger partial charge in [0.2, 0.25) is 0 Å². The highest BCUT2D eigenvalue weighted by molar-refractivity contribution is 4.85. The maximum atomic E-state index is 5.25. The summed E-state index contributed by atoms with van der Waals surface area (Å²) in [5.74, 6) is 0. The summed E-state index contributed by atoms with van der Waals surface area (Å²) in [6.45, 7) is 7.18. The van der Waals surface area contributed by atoms with Gasteiger partial charge >= 0.3 is 0 Å². The van der Waals surface area contributed by atoms with Gasteiger partial charge in [-0.15, -0.1) is 0 Å². The Morgan fingerprint density at radius 2 is 2.44 bits per heavy atom. The molecule has 2 heteroatoms. The zero-order valence-corrected chi connectivity index (χ0v) is 6.24. The third kappa shape index (κ3) is 1.66. The van der Waals surface area contributed by atoms with Crippen molar-refractivity contribution in [3.63, 3.8) is 0 Å². The molecule has 0 unspecified atom stereocenters. The maximum absolute atomic E-state index is 5.25. The predicted molar refractivity (Wildman–Crippen MR) is 37.5 cm³/mol. The number of ether oxygens (including phenoxy) is 1. The molecule has 0 aliphatic carbocycles. The van der Waals surface area contributed by atoms with Crippen molar-refractivity contribution in [3.05, 3.63) is 0 Å². The summed E-state index contributed by atoms with van der Waals surface area (Å²) in [5.41, 5.74) is 0.273. The lowest BCUT2D eigenvalue weighted by Gasteiger charge is -2.21. The molecule has 1 aliphatic heterocycles. The summed E-state index contributed by atoms with van der Waals surface area (Å²) in [7, 11) is 0. The molecule has 0 radical (unpaired) electrons. The van der Waals surface area contributed by atoms with Crippen LogP contribution in [0.25, 0.3) is 0 Å². The lowest BCUT2D eigenvalue weighted by Crippen LogP contribution is -2.42. The minimum Gasteiger partial charge on any atom is -0.379 e. The number of rotatable bonds is 2. The van der Waals surface area contributed by atoms with Gasteiger partial charge in [0.25, 0.3) is 0 Å². The van der Waals surface area contributed by atoms with Crippen LogP contribution in [-0.2, 0) is 4.74 Å². The SMILES string of the molecule is CCN[C@@]1(C)CCOC1. The van der Waals surface area contributed by atoms with E-state index in [4.69, 9.17) is 4.74 Å². The molecule has 0 bridgehead atoms. The highest BCUT2D eigenvalue weighted by atomic mass is 16.5. The second kappa shape index (κ2) is 2.67. The predicted octanol–water partition coefficient (Wildman–Crippen LogP) is 0.775. The van der Waals surface area contributed by atoms with Crippen molar-refractivity contribution >= 4 is 0 Å². The molecule has 1 heterocycles.